The molecule has 8 heteroatoms. The fourth-order valence-corrected chi connectivity index (χ4v) is 0.542. The molecule has 0 aromatic carbocycles. The second kappa shape index (κ2) is 56.9. The van der Waals surface area contributed by atoms with Gasteiger partial charge in [-0.15, -0.1) is 0 Å². The van der Waals surface area contributed by atoms with E-state index < -0.39 is 0 Å². The first-order chi connectivity index (χ1) is 3.00. The van der Waals surface area contributed by atoms with Crippen molar-refractivity contribution in [3.8, 4) is 0 Å². The Balaban J connectivity index is -0.00000000750. The molecule has 14 heavy (non-hydrogen) atoms. The van der Waals surface area contributed by atoms with E-state index in [9.17, 15) is 0 Å². The number of rotatable bonds is 0. The summed E-state index contributed by atoms with van der Waals surface area (Å²) in [5.74, 6) is 0. The van der Waals surface area contributed by atoms with Crippen LogP contribution in [0, 0.1) is 0 Å². The van der Waals surface area contributed by atoms with Gasteiger partial charge in [-0.25, -0.2) is 0 Å². The number of allylic oxidation sites excluding steroid dienone is 4. The van der Waals surface area contributed by atoms with E-state index in [0.717, 1.165) is 0 Å². The lowest BCUT2D eigenvalue weighted by molar-refractivity contribution is 0.823. The molecule has 1 rings (SSSR count). The molecule has 0 amide bonds. The van der Waals surface area contributed by atoms with Crippen molar-refractivity contribution in [1.82, 2.24) is 0 Å². The van der Waals surface area contributed by atoms with Gasteiger partial charge in [0.1, 0.15) is 0 Å². The van der Waals surface area contributed by atoms with Crippen molar-refractivity contribution in [3.63, 3.8) is 0 Å². The molecule has 0 aliphatic heterocycles. The van der Waals surface area contributed by atoms with Crippen LogP contribution in [0.15, 0.2) is 24.3 Å². The highest BCUT2D eigenvalue weighted by atomic mass is 16.0. The van der Waals surface area contributed by atoms with Crippen LogP contribution in [0.3, 0.4) is 0 Å². The maximum atomic E-state index is 2.18. The Hall–Kier alpha value is -0.840. The molecule has 8 nitrogen and oxygen atoms in total. The van der Waals surface area contributed by atoms with Crippen LogP contribution >= 0.6 is 0 Å². The van der Waals surface area contributed by atoms with Crippen molar-refractivity contribution in [1.29, 1.82) is 0 Å². The second-order valence-corrected chi connectivity index (χ2v) is 1.43. The predicted molar refractivity (Wildman–Crippen MR) is 56.4 cm³/mol. The maximum Gasteiger partial charge on any atom is -0.0313 e. The summed E-state index contributed by atoms with van der Waals surface area (Å²) < 4.78 is 0. The molecule has 0 aromatic heterocycles. The Kier molecular flexibility index (Phi) is 297. The first-order valence-corrected chi connectivity index (χ1v) is 2.32. The smallest absolute Gasteiger partial charge is 0.0313 e. The molecule has 0 spiro atoms. The van der Waals surface area contributed by atoms with Gasteiger partial charge in [-0.05, 0) is 12.8 Å². The largest absolute Gasteiger partial charge is 0.412 e. The van der Waals surface area contributed by atoms with Crippen LogP contribution in [0.2, 0.25) is 0 Å². The van der Waals surface area contributed by atoms with Gasteiger partial charge in [-0.1, -0.05) is 24.3 Å². The molecule has 96 valence electrons. The second-order valence-electron chi connectivity index (χ2n) is 1.43. The molecule has 0 bridgehead atoms. The third-order valence-corrected chi connectivity index (χ3v) is 0.883. The molecular formula is C6H24O8. The van der Waals surface area contributed by atoms with Crippen LogP contribution in [0.25, 0.3) is 0 Å². The van der Waals surface area contributed by atoms with Gasteiger partial charge in [0.25, 0.3) is 0 Å². The highest BCUT2D eigenvalue weighted by Gasteiger charge is 1.77. The summed E-state index contributed by atoms with van der Waals surface area (Å²) >= 11 is 0. The number of hydrogen-bond acceptors (Lipinski definition) is 0. The van der Waals surface area contributed by atoms with E-state index in [1.54, 1.807) is 0 Å². The molecule has 1 aliphatic rings. The van der Waals surface area contributed by atoms with Gasteiger partial charge < -0.3 is 43.8 Å². The van der Waals surface area contributed by atoms with E-state index in [1.165, 1.54) is 12.8 Å². The predicted octanol–water partition coefficient (Wildman–Crippen LogP) is -4.70. The molecule has 1 aliphatic carbocycles. The standard InChI is InChI=1S/C6H8.8H2O/c1-2-4-6-5-3-1;;;;;;;;/h1-4H,5-6H2;8*1H2. The molecule has 0 heterocycles. The van der Waals surface area contributed by atoms with E-state index in [1.807, 2.05) is 0 Å². The lowest BCUT2D eigenvalue weighted by Gasteiger charge is -1.88. The summed E-state index contributed by atoms with van der Waals surface area (Å²) in [4.78, 5) is 0. The Bertz CT molecular complexity index is 79.8. The monoisotopic (exact) mass is 224 g/mol. The van der Waals surface area contributed by atoms with Crippen LogP contribution in [0.4, 0.5) is 0 Å². The Morgan fingerprint density at radius 2 is 0.643 bits per heavy atom. The zero-order valence-corrected chi connectivity index (χ0v) is 7.72. The van der Waals surface area contributed by atoms with E-state index in [0.29, 0.717) is 0 Å². The van der Waals surface area contributed by atoms with Crippen molar-refractivity contribution in [3.05, 3.63) is 24.3 Å². The maximum absolute atomic E-state index is 2.18. The van der Waals surface area contributed by atoms with Gasteiger partial charge in [0.05, 0.1) is 0 Å². The van der Waals surface area contributed by atoms with Crippen molar-refractivity contribution >= 4 is 0 Å². The zero-order valence-electron chi connectivity index (χ0n) is 7.72. The minimum absolute atomic E-state index is 0. The molecule has 0 fully saturated rings. The van der Waals surface area contributed by atoms with Gasteiger partial charge in [0.15, 0.2) is 0 Å². The summed E-state index contributed by atoms with van der Waals surface area (Å²) in [6.07, 6.45) is 11.0. The third-order valence-electron chi connectivity index (χ3n) is 0.883. The lowest BCUT2D eigenvalue weighted by Crippen LogP contribution is -1.67. The van der Waals surface area contributed by atoms with Gasteiger partial charge in [-0.2, -0.15) is 0 Å². The highest BCUT2D eigenvalue weighted by molar-refractivity contribution is 5.07. The van der Waals surface area contributed by atoms with Crippen LogP contribution in [-0.2, 0) is 0 Å². The van der Waals surface area contributed by atoms with E-state index >= 15 is 0 Å². The number of hydrogen-bond donors (Lipinski definition) is 0. The van der Waals surface area contributed by atoms with Crippen LogP contribution in [0.5, 0.6) is 0 Å². The average Bonchev–Trinajstić information content (AvgIpc) is 1.72. The quantitative estimate of drug-likeness (QED) is 0.375. The van der Waals surface area contributed by atoms with Crippen LogP contribution in [-0.4, -0.2) is 43.8 Å². The van der Waals surface area contributed by atoms with Gasteiger partial charge in [0, 0.05) is 0 Å². The fraction of sp³-hybridized carbons (Fsp3) is 0.333. The minimum Gasteiger partial charge on any atom is -0.412 e. The topological polar surface area (TPSA) is 252 Å². The summed E-state index contributed by atoms with van der Waals surface area (Å²) in [6.45, 7) is 0. The first-order valence-electron chi connectivity index (χ1n) is 2.32. The average molecular weight is 224 g/mol. The van der Waals surface area contributed by atoms with E-state index in [-0.39, 0.29) is 43.8 Å². The molecule has 0 radical (unpaired) electrons. The fourth-order valence-electron chi connectivity index (χ4n) is 0.542. The summed E-state index contributed by atoms with van der Waals surface area (Å²) in [5, 5.41) is 0. The highest BCUT2D eigenvalue weighted by Crippen LogP contribution is 1.98. The van der Waals surface area contributed by atoms with Gasteiger partial charge in [0.2, 0.25) is 0 Å². The van der Waals surface area contributed by atoms with E-state index in [2.05, 4.69) is 24.3 Å². The molecular weight excluding hydrogens is 200 g/mol. The van der Waals surface area contributed by atoms with Crippen molar-refractivity contribution in [2.24, 2.45) is 0 Å². The molecule has 0 saturated heterocycles. The van der Waals surface area contributed by atoms with Gasteiger partial charge in [-0.3, -0.25) is 0 Å². The SMILES string of the molecule is C1=CCCC=C1.O.O.O.O.O.O.O.O. The minimum atomic E-state index is 0. The third kappa shape index (κ3) is 43.3. The zero-order chi connectivity index (χ0) is 4.24. The van der Waals surface area contributed by atoms with Crippen LogP contribution < -0.4 is 0 Å². The molecule has 0 saturated carbocycles. The summed E-state index contributed by atoms with van der Waals surface area (Å²) in [7, 11) is 0. The van der Waals surface area contributed by atoms with Gasteiger partial charge >= 0.3 is 0 Å². The Morgan fingerprint density at radius 3 is 0.714 bits per heavy atom. The molecule has 0 unspecified atom stereocenters. The molecule has 16 N–H and O–H groups in total. The van der Waals surface area contributed by atoms with Crippen LogP contribution in [0.1, 0.15) is 12.8 Å². The molecule has 0 aromatic rings. The summed E-state index contributed by atoms with van der Waals surface area (Å²) in [5.41, 5.74) is 0. The van der Waals surface area contributed by atoms with Crippen molar-refractivity contribution in [2.75, 3.05) is 0 Å². The van der Waals surface area contributed by atoms with E-state index in [4.69, 9.17) is 0 Å². The summed E-state index contributed by atoms with van der Waals surface area (Å²) in [6, 6.07) is 0. The molecule has 0 atom stereocenters. The normalized spacial score (nSPS) is 8.00. The van der Waals surface area contributed by atoms with Crippen molar-refractivity contribution < 1.29 is 43.8 Å². The Labute approximate surface area is 82.0 Å². The lowest BCUT2D eigenvalue weighted by atomic mass is 10.2. The Morgan fingerprint density at radius 1 is 0.429 bits per heavy atom. The first kappa shape index (κ1) is 73.1. The van der Waals surface area contributed by atoms with Crippen molar-refractivity contribution in [2.45, 2.75) is 12.8 Å².